The van der Waals surface area contributed by atoms with Gasteiger partial charge in [0, 0.05) is 12.1 Å². The van der Waals surface area contributed by atoms with Crippen molar-refractivity contribution in [3.8, 4) is 0 Å². The van der Waals surface area contributed by atoms with Crippen LogP contribution in [0.25, 0.3) is 11.0 Å². The Kier molecular flexibility index (Phi) is 4.01. The third kappa shape index (κ3) is 2.85. The van der Waals surface area contributed by atoms with Gasteiger partial charge in [-0.05, 0) is 67.6 Å². The van der Waals surface area contributed by atoms with Gasteiger partial charge in [-0.3, -0.25) is 4.79 Å². The van der Waals surface area contributed by atoms with Crippen molar-refractivity contribution in [2.24, 2.45) is 0 Å². The number of aryl methyl sites for hydroxylation is 2. The van der Waals surface area contributed by atoms with Gasteiger partial charge in [0.15, 0.2) is 0 Å². The van der Waals surface area contributed by atoms with Gasteiger partial charge in [0.2, 0.25) is 0 Å². The van der Waals surface area contributed by atoms with Gasteiger partial charge in [0.25, 0.3) is 5.91 Å². The van der Waals surface area contributed by atoms with Crippen LogP contribution in [0.15, 0.2) is 29.1 Å². The van der Waals surface area contributed by atoms with E-state index in [1.54, 1.807) is 0 Å². The predicted octanol–water partition coefficient (Wildman–Crippen LogP) is 3.02. The molecule has 0 aliphatic heterocycles. The number of amides is 1. The van der Waals surface area contributed by atoms with Crippen LogP contribution in [0.5, 0.6) is 0 Å². The Morgan fingerprint density at radius 3 is 2.25 bits per heavy atom. The van der Waals surface area contributed by atoms with Crippen LogP contribution in [0, 0.1) is 27.7 Å². The molecule has 0 spiro atoms. The molecule has 1 aromatic heterocycles. The number of benzene rings is 2. The number of fused-ring (bicyclic) bond motifs is 1. The molecule has 0 saturated heterocycles. The quantitative estimate of drug-likeness (QED) is 0.693. The number of hydrogen-bond acceptors (Lipinski definition) is 2. The topological polar surface area (TPSA) is 77.8 Å². The number of nitrogens with one attached hydrogen (secondary N) is 3. The maximum Gasteiger partial charge on any atom is 0.323 e. The van der Waals surface area contributed by atoms with E-state index in [0.29, 0.717) is 6.54 Å². The molecule has 24 heavy (non-hydrogen) atoms. The van der Waals surface area contributed by atoms with Crippen LogP contribution in [-0.2, 0) is 6.54 Å². The normalized spacial score (nSPS) is 11.0. The first-order chi connectivity index (χ1) is 11.4. The van der Waals surface area contributed by atoms with Crippen molar-refractivity contribution in [1.29, 1.82) is 0 Å². The highest BCUT2D eigenvalue weighted by Crippen LogP contribution is 2.21. The van der Waals surface area contributed by atoms with E-state index in [2.05, 4.69) is 21.4 Å². The molecule has 0 unspecified atom stereocenters. The fourth-order valence-electron chi connectivity index (χ4n) is 3.02. The number of imidazole rings is 1. The summed E-state index contributed by atoms with van der Waals surface area (Å²) in [6.07, 6.45) is 0. The van der Waals surface area contributed by atoms with Crippen molar-refractivity contribution in [2.75, 3.05) is 0 Å². The first-order valence-corrected chi connectivity index (χ1v) is 7.93. The molecule has 2 aromatic carbocycles. The van der Waals surface area contributed by atoms with E-state index in [1.165, 1.54) is 0 Å². The first-order valence-electron chi connectivity index (χ1n) is 7.93. The van der Waals surface area contributed by atoms with Crippen LogP contribution >= 0.6 is 0 Å². The minimum Gasteiger partial charge on any atom is -0.348 e. The smallest absolute Gasteiger partial charge is 0.323 e. The van der Waals surface area contributed by atoms with Crippen LogP contribution in [-0.4, -0.2) is 15.9 Å². The van der Waals surface area contributed by atoms with E-state index in [9.17, 15) is 9.59 Å². The molecular formula is C19H21N3O2. The van der Waals surface area contributed by atoms with E-state index in [1.807, 2.05) is 45.9 Å². The third-order valence-corrected chi connectivity index (χ3v) is 4.63. The molecule has 0 fully saturated rings. The van der Waals surface area contributed by atoms with Gasteiger partial charge in [-0.1, -0.05) is 12.1 Å². The third-order valence-electron chi connectivity index (χ3n) is 4.63. The standard InChI is InChI=1S/C19H21N3O2/c1-10-7-11(2)13(4)17(12(10)3)18(23)20-9-14-5-6-15-16(8-14)22-19(24)21-15/h5-8H,9H2,1-4H3,(H,20,23)(H2,21,22,24). The van der Waals surface area contributed by atoms with Crippen LogP contribution in [0.3, 0.4) is 0 Å². The molecule has 3 rings (SSSR count). The molecule has 5 nitrogen and oxygen atoms in total. The van der Waals surface area contributed by atoms with Gasteiger partial charge in [-0.25, -0.2) is 4.79 Å². The molecule has 1 heterocycles. The van der Waals surface area contributed by atoms with Crippen molar-refractivity contribution in [3.05, 3.63) is 68.1 Å². The zero-order valence-electron chi connectivity index (χ0n) is 14.3. The van der Waals surface area contributed by atoms with Gasteiger partial charge in [-0.2, -0.15) is 0 Å². The van der Waals surface area contributed by atoms with Gasteiger partial charge >= 0.3 is 5.69 Å². The maximum atomic E-state index is 12.7. The highest BCUT2D eigenvalue weighted by atomic mass is 16.1. The minimum atomic E-state index is -0.229. The van der Waals surface area contributed by atoms with Crippen LogP contribution in [0.4, 0.5) is 0 Å². The summed E-state index contributed by atoms with van der Waals surface area (Å²) < 4.78 is 0. The Bertz CT molecular complexity index is 969. The van der Waals surface area contributed by atoms with Crippen molar-refractivity contribution in [2.45, 2.75) is 34.2 Å². The molecule has 3 aromatic rings. The van der Waals surface area contributed by atoms with Gasteiger partial charge in [0.1, 0.15) is 0 Å². The molecule has 0 atom stereocenters. The summed E-state index contributed by atoms with van der Waals surface area (Å²) in [5, 5.41) is 2.98. The molecule has 0 aliphatic carbocycles. The van der Waals surface area contributed by atoms with E-state index in [4.69, 9.17) is 0 Å². The van der Waals surface area contributed by atoms with Gasteiger partial charge in [-0.15, -0.1) is 0 Å². The summed E-state index contributed by atoms with van der Waals surface area (Å²) in [4.78, 5) is 29.4. The van der Waals surface area contributed by atoms with E-state index in [-0.39, 0.29) is 11.6 Å². The molecule has 3 N–H and O–H groups in total. The Labute approximate surface area is 140 Å². The monoisotopic (exact) mass is 323 g/mol. The minimum absolute atomic E-state index is 0.0699. The summed E-state index contributed by atoms with van der Waals surface area (Å²) in [5.74, 6) is -0.0699. The number of rotatable bonds is 3. The Hall–Kier alpha value is -2.82. The lowest BCUT2D eigenvalue weighted by molar-refractivity contribution is 0.0949. The lowest BCUT2D eigenvalue weighted by Crippen LogP contribution is -2.25. The SMILES string of the molecule is Cc1cc(C)c(C)c(C(=O)NCc2ccc3[nH]c(=O)[nH]c3c2)c1C. The first kappa shape index (κ1) is 16.1. The van der Waals surface area contributed by atoms with Gasteiger partial charge < -0.3 is 15.3 Å². The highest BCUT2D eigenvalue weighted by molar-refractivity contribution is 5.97. The second-order valence-electron chi connectivity index (χ2n) is 6.28. The van der Waals surface area contributed by atoms with Crippen LogP contribution < -0.4 is 11.0 Å². The Morgan fingerprint density at radius 2 is 1.58 bits per heavy atom. The largest absolute Gasteiger partial charge is 0.348 e. The zero-order valence-corrected chi connectivity index (χ0v) is 14.3. The number of carbonyl (C=O) groups is 1. The Balaban J connectivity index is 1.83. The average molecular weight is 323 g/mol. The summed E-state index contributed by atoms with van der Waals surface area (Å²) in [5.41, 5.74) is 7.23. The van der Waals surface area contributed by atoms with Crippen molar-refractivity contribution in [3.63, 3.8) is 0 Å². The molecule has 0 radical (unpaired) electrons. The second-order valence-corrected chi connectivity index (χ2v) is 6.28. The van der Waals surface area contributed by atoms with E-state index in [0.717, 1.165) is 44.4 Å². The summed E-state index contributed by atoms with van der Waals surface area (Å²) >= 11 is 0. The number of H-pyrrole nitrogens is 2. The highest BCUT2D eigenvalue weighted by Gasteiger charge is 2.15. The summed E-state index contributed by atoms with van der Waals surface area (Å²) in [7, 11) is 0. The zero-order chi connectivity index (χ0) is 17.4. The molecule has 124 valence electrons. The lowest BCUT2D eigenvalue weighted by Gasteiger charge is -2.15. The summed E-state index contributed by atoms with van der Waals surface area (Å²) in [6, 6.07) is 7.71. The molecule has 1 amide bonds. The van der Waals surface area contributed by atoms with Crippen molar-refractivity contribution in [1.82, 2.24) is 15.3 Å². The predicted molar refractivity (Wildman–Crippen MR) is 95.5 cm³/mol. The fraction of sp³-hybridized carbons (Fsp3) is 0.263. The molecule has 0 bridgehead atoms. The fourth-order valence-corrected chi connectivity index (χ4v) is 3.02. The lowest BCUT2D eigenvalue weighted by atomic mass is 9.93. The Morgan fingerprint density at radius 1 is 0.958 bits per heavy atom. The number of carbonyl (C=O) groups excluding carboxylic acids is 1. The van der Waals surface area contributed by atoms with E-state index >= 15 is 0 Å². The second kappa shape index (κ2) is 6.00. The van der Waals surface area contributed by atoms with Crippen LogP contribution in [0.2, 0.25) is 0 Å². The number of hydrogen-bond donors (Lipinski definition) is 3. The number of aromatic nitrogens is 2. The average Bonchev–Trinajstić information content (AvgIpc) is 2.90. The molecular weight excluding hydrogens is 302 g/mol. The molecule has 5 heteroatoms. The maximum absolute atomic E-state index is 12.7. The molecule has 0 saturated carbocycles. The molecule has 0 aliphatic rings. The van der Waals surface area contributed by atoms with Crippen molar-refractivity contribution < 1.29 is 4.79 Å². The van der Waals surface area contributed by atoms with Crippen molar-refractivity contribution >= 4 is 16.9 Å². The number of aromatic amines is 2. The van der Waals surface area contributed by atoms with Gasteiger partial charge in [0.05, 0.1) is 11.0 Å². The van der Waals surface area contributed by atoms with E-state index < -0.39 is 0 Å². The summed E-state index contributed by atoms with van der Waals surface area (Å²) in [6.45, 7) is 8.41. The van der Waals surface area contributed by atoms with Crippen LogP contribution in [0.1, 0.15) is 38.2 Å².